The smallest absolute Gasteiger partial charge is 0.281 e. The lowest BCUT2D eigenvalue weighted by Gasteiger charge is -2.04. The first-order chi connectivity index (χ1) is 11.1. The van der Waals surface area contributed by atoms with Crippen molar-refractivity contribution in [3.63, 3.8) is 0 Å². The van der Waals surface area contributed by atoms with E-state index in [1.807, 2.05) is 0 Å². The van der Waals surface area contributed by atoms with Crippen LogP contribution >= 0.6 is 11.6 Å². The lowest BCUT2D eigenvalue weighted by Crippen LogP contribution is -2.16. The Morgan fingerprint density at radius 3 is 2.65 bits per heavy atom. The van der Waals surface area contributed by atoms with Crippen LogP contribution in [-0.4, -0.2) is 27.8 Å². The number of nitrogen functional groups attached to an aromatic ring is 1. The topological polar surface area (TPSA) is 83.0 Å². The molecule has 0 spiro atoms. The number of rotatable bonds is 3. The number of carbonyl (C=O) groups is 1. The molecule has 0 aliphatic carbocycles. The molecule has 0 fully saturated rings. The predicted octanol–water partition coefficient (Wildman–Crippen LogP) is 2.88. The number of hydrogen-bond acceptors (Lipinski definition) is 5. The number of methoxy groups -OCH3 is 1. The molecule has 116 valence electrons. The van der Waals surface area contributed by atoms with Gasteiger partial charge in [-0.15, -0.1) is 5.10 Å². The molecule has 2 N–H and O–H groups in total. The highest BCUT2D eigenvalue weighted by Gasteiger charge is 2.17. The van der Waals surface area contributed by atoms with Crippen LogP contribution in [0.3, 0.4) is 0 Å². The average molecular weight is 329 g/mol. The number of nitrogens with zero attached hydrogens (tertiary/aromatic N) is 3. The first-order valence-corrected chi connectivity index (χ1v) is 7.13. The largest absolute Gasteiger partial charge is 0.497 e. The average Bonchev–Trinajstić information content (AvgIpc) is 2.96. The highest BCUT2D eigenvalue weighted by molar-refractivity contribution is 6.30. The van der Waals surface area contributed by atoms with Gasteiger partial charge in [0.1, 0.15) is 5.75 Å². The zero-order valence-corrected chi connectivity index (χ0v) is 13.0. The first kappa shape index (κ1) is 15.1. The molecular formula is C16H13ClN4O2. The Morgan fingerprint density at radius 2 is 1.96 bits per heavy atom. The van der Waals surface area contributed by atoms with Crippen molar-refractivity contribution in [2.45, 2.75) is 0 Å². The van der Waals surface area contributed by atoms with E-state index in [4.69, 9.17) is 22.1 Å². The maximum Gasteiger partial charge on any atom is 0.281 e. The Bertz CT molecular complexity index is 859. The third kappa shape index (κ3) is 3.02. The monoisotopic (exact) mass is 328 g/mol. The van der Waals surface area contributed by atoms with Crippen LogP contribution in [0.25, 0.3) is 11.4 Å². The van der Waals surface area contributed by atoms with Gasteiger partial charge in [-0.25, -0.2) is 0 Å². The summed E-state index contributed by atoms with van der Waals surface area (Å²) >= 11 is 5.86. The minimum Gasteiger partial charge on any atom is -0.497 e. The molecule has 1 heterocycles. The predicted molar refractivity (Wildman–Crippen MR) is 87.6 cm³/mol. The second-order valence-electron chi connectivity index (χ2n) is 4.75. The van der Waals surface area contributed by atoms with Gasteiger partial charge in [0.15, 0.2) is 5.82 Å². The van der Waals surface area contributed by atoms with E-state index in [1.54, 1.807) is 48.5 Å². The number of ether oxygens (including phenoxy) is 1. The maximum absolute atomic E-state index is 12.5. The SMILES string of the molecule is COc1cccc(C(=O)n2nc(-c3ccc(Cl)cc3)nc2N)c1. The van der Waals surface area contributed by atoms with Crippen LogP contribution in [0.15, 0.2) is 48.5 Å². The van der Waals surface area contributed by atoms with Crippen molar-refractivity contribution in [3.8, 4) is 17.1 Å². The number of hydrogen-bond donors (Lipinski definition) is 1. The number of halogens is 1. The standard InChI is InChI=1S/C16H13ClN4O2/c1-23-13-4-2-3-11(9-13)15(22)21-16(18)19-14(20-21)10-5-7-12(17)8-6-10/h2-9H,1H3,(H2,18,19,20). The van der Waals surface area contributed by atoms with Crippen LogP contribution in [0, 0.1) is 0 Å². The molecule has 3 rings (SSSR count). The van der Waals surface area contributed by atoms with Gasteiger partial charge in [-0.3, -0.25) is 4.79 Å². The van der Waals surface area contributed by atoms with Crippen molar-refractivity contribution in [2.24, 2.45) is 0 Å². The number of carbonyl (C=O) groups excluding carboxylic acids is 1. The highest BCUT2D eigenvalue weighted by atomic mass is 35.5. The summed E-state index contributed by atoms with van der Waals surface area (Å²) in [5, 5.41) is 4.79. The zero-order valence-electron chi connectivity index (χ0n) is 12.2. The molecule has 0 saturated carbocycles. The number of benzene rings is 2. The van der Waals surface area contributed by atoms with E-state index < -0.39 is 0 Å². The fourth-order valence-corrected chi connectivity index (χ4v) is 2.20. The molecule has 3 aromatic rings. The minimum absolute atomic E-state index is 0.0165. The molecule has 0 atom stereocenters. The van der Waals surface area contributed by atoms with Gasteiger partial charge in [0.25, 0.3) is 5.91 Å². The molecule has 0 bridgehead atoms. The van der Waals surface area contributed by atoms with E-state index in [9.17, 15) is 4.79 Å². The molecule has 0 aliphatic heterocycles. The summed E-state index contributed by atoms with van der Waals surface area (Å²) in [5.74, 6) is 0.569. The summed E-state index contributed by atoms with van der Waals surface area (Å²) in [5.41, 5.74) is 6.96. The van der Waals surface area contributed by atoms with Gasteiger partial charge in [0, 0.05) is 16.1 Å². The Hall–Kier alpha value is -2.86. The van der Waals surface area contributed by atoms with Gasteiger partial charge < -0.3 is 10.5 Å². The second-order valence-corrected chi connectivity index (χ2v) is 5.19. The molecule has 7 heteroatoms. The second kappa shape index (κ2) is 6.10. The van der Waals surface area contributed by atoms with E-state index in [1.165, 1.54) is 7.11 Å². The van der Waals surface area contributed by atoms with Crippen molar-refractivity contribution in [3.05, 3.63) is 59.1 Å². The summed E-state index contributed by atoms with van der Waals surface area (Å²) in [6.07, 6.45) is 0. The van der Waals surface area contributed by atoms with Crippen LogP contribution in [0.1, 0.15) is 10.4 Å². The molecule has 0 unspecified atom stereocenters. The van der Waals surface area contributed by atoms with E-state index >= 15 is 0 Å². The van der Waals surface area contributed by atoms with E-state index in [2.05, 4.69) is 10.1 Å². The number of anilines is 1. The molecule has 0 radical (unpaired) electrons. The highest BCUT2D eigenvalue weighted by Crippen LogP contribution is 2.20. The third-order valence-electron chi connectivity index (χ3n) is 3.24. The summed E-state index contributed by atoms with van der Waals surface area (Å²) in [6.45, 7) is 0. The van der Waals surface area contributed by atoms with Gasteiger partial charge in [-0.2, -0.15) is 9.67 Å². The zero-order chi connectivity index (χ0) is 16.4. The van der Waals surface area contributed by atoms with Crippen LogP contribution < -0.4 is 10.5 Å². The normalized spacial score (nSPS) is 10.5. The molecule has 23 heavy (non-hydrogen) atoms. The van der Waals surface area contributed by atoms with Gasteiger partial charge in [0.2, 0.25) is 5.95 Å². The van der Waals surface area contributed by atoms with Gasteiger partial charge in [-0.05, 0) is 42.5 Å². The van der Waals surface area contributed by atoms with E-state index in [0.29, 0.717) is 22.2 Å². The molecule has 2 aromatic carbocycles. The third-order valence-corrected chi connectivity index (χ3v) is 3.50. The summed E-state index contributed by atoms with van der Waals surface area (Å²) < 4.78 is 6.18. The maximum atomic E-state index is 12.5. The van der Waals surface area contributed by atoms with Crippen LogP contribution in [0.5, 0.6) is 5.75 Å². The Morgan fingerprint density at radius 1 is 1.22 bits per heavy atom. The van der Waals surface area contributed by atoms with Crippen LogP contribution in [0.4, 0.5) is 5.95 Å². The molecule has 6 nitrogen and oxygen atoms in total. The Labute approximate surface area is 137 Å². The van der Waals surface area contributed by atoms with Crippen LogP contribution in [0.2, 0.25) is 5.02 Å². The number of aromatic nitrogens is 3. The molecular weight excluding hydrogens is 316 g/mol. The Balaban J connectivity index is 1.97. The quantitative estimate of drug-likeness (QED) is 0.799. The minimum atomic E-state index is -0.380. The lowest BCUT2D eigenvalue weighted by atomic mass is 10.2. The van der Waals surface area contributed by atoms with Crippen molar-refractivity contribution in [1.29, 1.82) is 0 Å². The van der Waals surface area contributed by atoms with Gasteiger partial charge in [0.05, 0.1) is 7.11 Å². The fraction of sp³-hybridized carbons (Fsp3) is 0.0625. The van der Waals surface area contributed by atoms with Crippen molar-refractivity contribution in [1.82, 2.24) is 14.8 Å². The van der Waals surface area contributed by atoms with Crippen molar-refractivity contribution in [2.75, 3.05) is 12.8 Å². The number of nitrogens with two attached hydrogens (primary N) is 1. The first-order valence-electron chi connectivity index (χ1n) is 6.75. The van der Waals surface area contributed by atoms with Crippen molar-refractivity contribution >= 4 is 23.5 Å². The van der Waals surface area contributed by atoms with Gasteiger partial charge in [-0.1, -0.05) is 17.7 Å². The summed E-state index contributed by atoms with van der Waals surface area (Å²) in [7, 11) is 1.53. The molecule has 1 aromatic heterocycles. The fourth-order valence-electron chi connectivity index (χ4n) is 2.07. The van der Waals surface area contributed by atoms with E-state index in [-0.39, 0.29) is 11.9 Å². The lowest BCUT2D eigenvalue weighted by molar-refractivity contribution is 0.0947. The summed E-state index contributed by atoms with van der Waals surface area (Å²) in [6, 6.07) is 13.7. The Kier molecular flexibility index (Phi) is 3.99. The van der Waals surface area contributed by atoms with Crippen molar-refractivity contribution < 1.29 is 9.53 Å². The van der Waals surface area contributed by atoms with E-state index in [0.717, 1.165) is 10.2 Å². The molecule has 0 amide bonds. The summed E-state index contributed by atoms with van der Waals surface area (Å²) in [4.78, 5) is 16.7. The van der Waals surface area contributed by atoms with Crippen LogP contribution in [-0.2, 0) is 0 Å². The molecule has 0 saturated heterocycles. The van der Waals surface area contributed by atoms with Gasteiger partial charge >= 0.3 is 0 Å². The molecule has 0 aliphatic rings.